The Hall–Kier alpha value is -1.81. The number of hydrogen-bond donors (Lipinski definition) is 4. The molecule has 0 bridgehead atoms. The van der Waals surface area contributed by atoms with Crippen LogP contribution >= 0.6 is 43.1 Å². The maximum Gasteiger partial charge on any atom is 0.407 e. The minimum Gasteiger partial charge on any atom is -0.450 e. The summed E-state index contributed by atoms with van der Waals surface area (Å²) >= 11 is 3.72. The summed E-state index contributed by atoms with van der Waals surface area (Å²) in [4.78, 5) is 70.7. The molecular formula is C23H42BIN5O8PS. The first-order valence-electron chi connectivity index (χ1n) is 13.0. The summed E-state index contributed by atoms with van der Waals surface area (Å²) in [5, 5.41) is 10.3. The van der Waals surface area contributed by atoms with Crippen LogP contribution in [0.4, 0.5) is 9.59 Å². The molecule has 17 heteroatoms. The fourth-order valence-corrected chi connectivity index (χ4v) is 5.60. The van der Waals surface area contributed by atoms with Gasteiger partial charge in [-0.25, -0.2) is 9.59 Å². The van der Waals surface area contributed by atoms with E-state index in [9.17, 15) is 28.8 Å². The summed E-state index contributed by atoms with van der Waals surface area (Å²) in [5.41, 5.74) is 0. The van der Waals surface area contributed by atoms with E-state index >= 15 is 0 Å². The van der Waals surface area contributed by atoms with E-state index < -0.39 is 30.3 Å². The van der Waals surface area contributed by atoms with Crippen molar-refractivity contribution in [2.75, 3.05) is 26.8 Å². The quantitative estimate of drug-likeness (QED) is 0.0524. The molecule has 228 valence electrons. The maximum atomic E-state index is 12.5. The SMILES string of the molecule is CCOC(=O)NCCCCC(NC(=O)OCC)C(=O)NC(C)NC(=O)C(C)C.CN1C(=O)CC(SB(P)I)C1=O. The fourth-order valence-electron chi connectivity index (χ4n) is 3.14. The van der Waals surface area contributed by atoms with Crippen molar-refractivity contribution in [1.82, 2.24) is 26.2 Å². The Kier molecular flexibility index (Phi) is 20.0. The molecule has 1 fully saturated rings. The van der Waals surface area contributed by atoms with Crippen LogP contribution in [-0.4, -0.2) is 88.5 Å². The van der Waals surface area contributed by atoms with Gasteiger partial charge in [-0.05, 0) is 40.0 Å². The van der Waals surface area contributed by atoms with Crippen molar-refractivity contribution in [3.63, 3.8) is 0 Å². The topological polar surface area (TPSA) is 172 Å². The summed E-state index contributed by atoms with van der Waals surface area (Å²) < 4.78 is 9.88. The van der Waals surface area contributed by atoms with E-state index in [-0.39, 0.29) is 39.1 Å². The van der Waals surface area contributed by atoms with Gasteiger partial charge in [-0.2, -0.15) is 11.6 Å². The molecule has 40 heavy (non-hydrogen) atoms. The molecule has 0 aromatic rings. The lowest BCUT2D eigenvalue weighted by atomic mass is 10.1. The zero-order valence-corrected chi connectivity index (χ0v) is 28.0. The summed E-state index contributed by atoms with van der Waals surface area (Å²) in [7, 11) is 4.13. The maximum absolute atomic E-state index is 12.5. The van der Waals surface area contributed by atoms with E-state index in [2.05, 4.69) is 52.8 Å². The van der Waals surface area contributed by atoms with Crippen LogP contribution in [0, 0.1) is 5.92 Å². The Labute approximate surface area is 256 Å². The molecule has 6 amide bonds. The molecule has 4 atom stereocenters. The minimum absolute atomic E-state index is 0.0610. The van der Waals surface area contributed by atoms with Crippen molar-refractivity contribution in [2.24, 2.45) is 5.92 Å². The second-order valence-electron chi connectivity index (χ2n) is 8.92. The molecule has 0 saturated carbocycles. The molecule has 0 spiro atoms. The molecule has 0 aromatic heterocycles. The van der Waals surface area contributed by atoms with E-state index in [1.54, 1.807) is 34.6 Å². The molecule has 0 radical (unpaired) electrons. The van der Waals surface area contributed by atoms with Gasteiger partial charge in [0.2, 0.25) is 23.6 Å². The van der Waals surface area contributed by atoms with Crippen LogP contribution in [0.3, 0.4) is 0 Å². The fraction of sp³-hybridized carbons (Fsp3) is 0.739. The van der Waals surface area contributed by atoms with E-state index in [1.807, 2.05) is 0 Å². The number of amides is 6. The third kappa shape index (κ3) is 16.5. The third-order valence-electron chi connectivity index (χ3n) is 5.22. The van der Waals surface area contributed by atoms with Gasteiger partial charge in [0, 0.05) is 25.9 Å². The lowest BCUT2D eigenvalue weighted by Gasteiger charge is -2.22. The Bertz CT molecular complexity index is 873. The predicted molar refractivity (Wildman–Crippen MR) is 167 cm³/mol. The number of halogens is 1. The van der Waals surface area contributed by atoms with Gasteiger partial charge in [0.15, 0.2) is 0 Å². The molecule has 1 rings (SSSR count). The van der Waals surface area contributed by atoms with Crippen LogP contribution in [0.1, 0.15) is 60.3 Å². The highest BCUT2D eigenvalue weighted by molar-refractivity contribution is 14.1. The Morgan fingerprint density at radius 1 is 1.02 bits per heavy atom. The molecule has 13 nitrogen and oxygen atoms in total. The highest BCUT2D eigenvalue weighted by Crippen LogP contribution is 2.30. The second-order valence-corrected chi connectivity index (χ2v) is 15.0. The first-order valence-corrected chi connectivity index (χ1v) is 15.9. The van der Waals surface area contributed by atoms with Crippen LogP contribution in [0.2, 0.25) is 0 Å². The van der Waals surface area contributed by atoms with E-state index in [1.165, 1.54) is 23.6 Å². The number of carbonyl (C=O) groups is 6. The molecule has 1 aliphatic rings. The zero-order valence-electron chi connectivity index (χ0n) is 23.9. The largest absolute Gasteiger partial charge is 0.450 e. The highest BCUT2D eigenvalue weighted by atomic mass is 127. The number of nitrogens with one attached hydrogen (secondary N) is 4. The highest BCUT2D eigenvalue weighted by Gasteiger charge is 2.37. The van der Waals surface area contributed by atoms with E-state index in [0.717, 1.165) is 0 Å². The number of hydrogen-bond acceptors (Lipinski definition) is 9. The molecular weight excluding hydrogens is 675 g/mol. The number of carbonyl (C=O) groups excluding carboxylic acids is 6. The summed E-state index contributed by atoms with van der Waals surface area (Å²) in [6.07, 6.45) is 0.117. The predicted octanol–water partition coefficient (Wildman–Crippen LogP) is 2.02. The molecule has 1 aliphatic heterocycles. The Morgan fingerprint density at radius 3 is 2.10 bits per heavy atom. The van der Waals surface area contributed by atoms with Gasteiger partial charge in [-0.15, -0.1) is 31.5 Å². The number of nitrogens with zero attached hydrogens (tertiary/aromatic N) is 1. The number of likely N-dealkylation sites (tertiary alicyclic amines) is 1. The normalized spacial score (nSPS) is 15.8. The Balaban J connectivity index is 0.00000104. The van der Waals surface area contributed by atoms with Gasteiger partial charge < -0.3 is 30.7 Å². The average molecular weight is 717 g/mol. The van der Waals surface area contributed by atoms with Crippen molar-refractivity contribution in [2.45, 2.75) is 77.8 Å². The van der Waals surface area contributed by atoms with Crippen molar-refractivity contribution >= 4 is 82.5 Å². The minimum atomic E-state index is -0.819. The van der Waals surface area contributed by atoms with Gasteiger partial charge in [-0.3, -0.25) is 24.1 Å². The van der Waals surface area contributed by atoms with Crippen LogP contribution in [0.5, 0.6) is 0 Å². The smallest absolute Gasteiger partial charge is 0.407 e. The molecule has 1 heterocycles. The van der Waals surface area contributed by atoms with Gasteiger partial charge in [0.25, 0.3) is 0 Å². The lowest BCUT2D eigenvalue weighted by Crippen LogP contribution is -2.54. The van der Waals surface area contributed by atoms with Gasteiger partial charge in [0.1, 0.15) is 6.04 Å². The molecule has 1 saturated heterocycles. The van der Waals surface area contributed by atoms with E-state index in [4.69, 9.17) is 9.47 Å². The summed E-state index contributed by atoms with van der Waals surface area (Å²) in [6, 6.07) is -0.819. The standard InChI is InChI=1S/C18H34N4O6.C5H8BINO2PS/c1-6-27-17(25)19-11-9-8-10-14(22-18(26)28-7-2)16(24)21-13(5)20-15(23)12(3)4;1-8-4(9)2-3(5(8)10)12-6(7)11/h12-14H,6-11H2,1-5H3,(H,19,25)(H,20,23)(H,21,24)(H,22,26);3H,2,11H2,1H3. The monoisotopic (exact) mass is 717 g/mol. The Morgan fingerprint density at radius 2 is 1.60 bits per heavy atom. The number of imide groups is 1. The summed E-state index contributed by atoms with van der Waals surface area (Å²) in [5.74, 6) is -0.955. The third-order valence-corrected chi connectivity index (χ3v) is 7.53. The van der Waals surface area contributed by atoms with Crippen LogP contribution < -0.4 is 21.3 Å². The molecule has 4 N–H and O–H groups in total. The average Bonchev–Trinajstić information content (AvgIpc) is 3.09. The van der Waals surface area contributed by atoms with Crippen molar-refractivity contribution in [3.8, 4) is 0 Å². The first kappa shape index (κ1) is 38.2. The number of unbranched alkanes of at least 4 members (excludes halogenated alkanes) is 1. The zero-order chi connectivity index (χ0) is 30.8. The molecule has 0 aromatic carbocycles. The van der Waals surface area contributed by atoms with Crippen LogP contribution in [0.15, 0.2) is 0 Å². The van der Waals surface area contributed by atoms with Gasteiger partial charge in [0.05, 0.1) is 24.6 Å². The van der Waals surface area contributed by atoms with Crippen LogP contribution in [0.25, 0.3) is 0 Å². The van der Waals surface area contributed by atoms with Crippen molar-refractivity contribution in [1.29, 1.82) is 0 Å². The number of rotatable bonds is 14. The van der Waals surface area contributed by atoms with Gasteiger partial charge in [-0.1, -0.05) is 13.8 Å². The lowest BCUT2D eigenvalue weighted by molar-refractivity contribution is -0.136. The van der Waals surface area contributed by atoms with Crippen LogP contribution in [-0.2, 0) is 28.7 Å². The van der Waals surface area contributed by atoms with Gasteiger partial charge >= 0.3 is 15.8 Å². The number of alkyl carbamates (subject to hydrolysis) is 2. The molecule has 0 aliphatic carbocycles. The second kappa shape index (κ2) is 21.0. The van der Waals surface area contributed by atoms with Crippen molar-refractivity contribution < 1.29 is 38.2 Å². The van der Waals surface area contributed by atoms with Crippen molar-refractivity contribution in [3.05, 3.63) is 0 Å². The number of ether oxygens (including phenoxy) is 2. The summed E-state index contributed by atoms with van der Waals surface area (Å²) in [6.45, 7) is 9.40. The first-order chi connectivity index (χ1) is 18.7. The molecule has 4 unspecified atom stereocenters. The van der Waals surface area contributed by atoms with E-state index in [0.29, 0.717) is 38.8 Å².